The molecular weight excluding hydrogens is 234 g/mol. The molecule has 2 aromatic heterocycles. The number of nitrogens with two attached hydrogens (primary N) is 1. The molecule has 2 heterocycles. The van der Waals surface area contributed by atoms with Crippen molar-refractivity contribution in [2.75, 3.05) is 0 Å². The summed E-state index contributed by atoms with van der Waals surface area (Å²) in [6.07, 6.45) is 4.67. The molecule has 6 heteroatoms. The number of rotatable bonds is 5. The van der Waals surface area contributed by atoms with Crippen molar-refractivity contribution in [3.05, 3.63) is 34.0 Å². The number of hydrogen-bond acceptors (Lipinski definition) is 5. The van der Waals surface area contributed by atoms with E-state index in [-0.39, 0.29) is 6.04 Å². The van der Waals surface area contributed by atoms with Crippen molar-refractivity contribution in [3.8, 4) is 0 Å². The summed E-state index contributed by atoms with van der Waals surface area (Å²) < 4.78 is 1.90. The number of aryl methyl sites for hydroxylation is 2. The fourth-order valence-corrected chi connectivity index (χ4v) is 2.50. The van der Waals surface area contributed by atoms with Crippen LogP contribution >= 0.6 is 11.3 Å². The maximum Gasteiger partial charge on any atom is 0.0947 e. The predicted octanol–water partition coefficient (Wildman–Crippen LogP) is 1.42. The summed E-state index contributed by atoms with van der Waals surface area (Å²) in [7, 11) is 0. The molecule has 0 saturated heterocycles. The molecule has 0 aliphatic heterocycles. The highest BCUT2D eigenvalue weighted by Crippen LogP contribution is 2.19. The summed E-state index contributed by atoms with van der Waals surface area (Å²) in [6.45, 7) is 4.93. The van der Waals surface area contributed by atoms with Gasteiger partial charge in [0.15, 0.2) is 0 Å². The Hall–Kier alpha value is -1.24. The molecule has 17 heavy (non-hydrogen) atoms. The molecule has 0 fully saturated rings. The lowest BCUT2D eigenvalue weighted by molar-refractivity contribution is 0.549. The van der Waals surface area contributed by atoms with Crippen molar-refractivity contribution < 1.29 is 0 Å². The number of hydrazine groups is 1. The van der Waals surface area contributed by atoms with Gasteiger partial charge in [-0.25, -0.2) is 4.98 Å². The monoisotopic (exact) mass is 251 g/mol. The van der Waals surface area contributed by atoms with Crippen LogP contribution in [0.3, 0.4) is 0 Å². The lowest BCUT2D eigenvalue weighted by atomic mass is 10.1. The fraction of sp³-hybridized carbons (Fsp3) is 0.455. The van der Waals surface area contributed by atoms with Crippen LogP contribution in [0.25, 0.3) is 0 Å². The van der Waals surface area contributed by atoms with E-state index in [1.807, 2.05) is 24.0 Å². The molecule has 0 aromatic carbocycles. The lowest BCUT2D eigenvalue weighted by Crippen LogP contribution is -2.29. The van der Waals surface area contributed by atoms with Crippen LogP contribution < -0.4 is 11.3 Å². The summed E-state index contributed by atoms with van der Waals surface area (Å²) in [5, 5.41) is 7.40. The van der Waals surface area contributed by atoms with Crippen molar-refractivity contribution in [1.82, 2.24) is 20.2 Å². The molecule has 0 bridgehead atoms. The van der Waals surface area contributed by atoms with E-state index in [9.17, 15) is 0 Å². The van der Waals surface area contributed by atoms with Gasteiger partial charge in [-0.2, -0.15) is 5.10 Å². The third-order valence-corrected chi connectivity index (χ3v) is 3.62. The zero-order valence-electron chi connectivity index (χ0n) is 10.1. The van der Waals surface area contributed by atoms with E-state index in [4.69, 9.17) is 5.84 Å². The molecule has 0 saturated carbocycles. The van der Waals surface area contributed by atoms with Crippen LogP contribution in [0.2, 0.25) is 0 Å². The highest BCUT2D eigenvalue weighted by Gasteiger charge is 2.14. The highest BCUT2D eigenvalue weighted by molar-refractivity contribution is 7.09. The summed E-state index contributed by atoms with van der Waals surface area (Å²) >= 11 is 1.67. The zero-order valence-corrected chi connectivity index (χ0v) is 10.9. The van der Waals surface area contributed by atoms with Gasteiger partial charge in [0.1, 0.15) is 0 Å². The molecule has 0 spiro atoms. The van der Waals surface area contributed by atoms with Crippen LogP contribution in [0, 0.1) is 6.92 Å². The summed E-state index contributed by atoms with van der Waals surface area (Å²) in [5.74, 6) is 5.60. The van der Waals surface area contributed by atoms with Crippen molar-refractivity contribution in [3.63, 3.8) is 0 Å². The van der Waals surface area contributed by atoms with E-state index in [0.717, 1.165) is 29.2 Å². The van der Waals surface area contributed by atoms with Crippen molar-refractivity contribution in [1.29, 1.82) is 0 Å². The minimum atomic E-state index is 0.0702. The van der Waals surface area contributed by atoms with Gasteiger partial charge >= 0.3 is 0 Å². The highest BCUT2D eigenvalue weighted by atomic mass is 32.1. The standard InChI is InChI=1S/C11H17N5S/c1-3-16-6-9(5-13-16)10(15-12)4-11-14-8(2)7-17-11/h5-7,10,15H,3-4,12H2,1-2H3. The number of nitrogens with zero attached hydrogens (tertiary/aromatic N) is 3. The first-order valence-electron chi connectivity index (χ1n) is 5.62. The molecule has 2 aromatic rings. The summed E-state index contributed by atoms with van der Waals surface area (Å²) in [4.78, 5) is 4.45. The van der Waals surface area contributed by atoms with Crippen molar-refractivity contribution in [2.24, 2.45) is 5.84 Å². The second-order valence-electron chi connectivity index (χ2n) is 3.94. The summed E-state index contributed by atoms with van der Waals surface area (Å²) in [6, 6.07) is 0.0702. The Morgan fingerprint density at radius 2 is 2.41 bits per heavy atom. The zero-order chi connectivity index (χ0) is 12.3. The average Bonchev–Trinajstić information content (AvgIpc) is 2.94. The van der Waals surface area contributed by atoms with E-state index >= 15 is 0 Å². The maximum absolute atomic E-state index is 5.60. The SMILES string of the molecule is CCn1cc(C(Cc2nc(C)cs2)NN)cn1. The van der Waals surface area contributed by atoms with Gasteiger partial charge in [0.05, 0.1) is 17.2 Å². The van der Waals surface area contributed by atoms with Gasteiger partial charge in [-0.1, -0.05) is 0 Å². The largest absolute Gasteiger partial charge is 0.273 e. The second-order valence-corrected chi connectivity index (χ2v) is 4.88. The van der Waals surface area contributed by atoms with E-state index in [2.05, 4.69) is 27.8 Å². The van der Waals surface area contributed by atoms with Crippen molar-refractivity contribution in [2.45, 2.75) is 32.9 Å². The van der Waals surface area contributed by atoms with E-state index in [1.165, 1.54) is 0 Å². The molecule has 1 atom stereocenters. The summed E-state index contributed by atoms with van der Waals surface area (Å²) in [5.41, 5.74) is 4.99. The fourth-order valence-electron chi connectivity index (χ4n) is 1.68. The van der Waals surface area contributed by atoms with E-state index in [0.29, 0.717) is 0 Å². The lowest BCUT2D eigenvalue weighted by Gasteiger charge is -2.11. The molecular formula is C11H17N5S. The Morgan fingerprint density at radius 1 is 1.59 bits per heavy atom. The first-order valence-corrected chi connectivity index (χ1v) is 6.50. The topological polar surface area (TPSA) is 68.8 Å². The first kappa shape index (κ1) is 12.2. The van der Waals surface area contributed by atoms with Gasteiger partial charge in [0.2, 0.25) is 0 Å². The quantitative estimate of drug-likeness (QED) is 0.623. The maximum atomic E-state index is 5.60. The predicted molar refractivity (Wildman–Crippen MR) is 68.5 cm³/mol. The number of nitrogens with one attached hydrogen (secondary N) is 1. The minimum Gasteiger partial charge on any atom is -0.273 e. The third-order valence-electron chi connectivity index (χ3n) is 2.63. The van der Waals surface area contributed by atoms with Crippen LogP contribution in [-0.2, 0) is 13.0 Å². The minimum absolute atomic E-state index is 0.0702. The second kappa shape index (κ2) is 5.39. The normalized spacial score (nSPS) is 12.9. The Morgan fingerprint density at radius 3 is 2.94 bits per heavy atom. The Bertz CT molecular complexity index is 476. The molecule has 0 radical (unpaired) electrons. The number of thiazole rings is 1. The molecule has 5 nitrogen and oxygen atoms in total. The van der Waals surface area contributed by atoms with Gasteiger partial charge in [-0.15, -0.1) is 11.3 Å². The number of hydrogen-bond donors (Lipinski definition) is 2. The van der Waals surface area contributed by atoms with Crippen LogP contribution in [0.5, 0.6) is 0 Å². The smallest absolute Gasteiger partial charge is 0.0947 e. The molecule has 3 N–H and O–H groups in total. The van der Waals surface area contributed by atoms with Crippen LogP contribution in [0.15, 0.2) is 17.8 Å². The van der Waals surface area contributed by atoms with Gasteiger partial charge in [-0.05, 0) is 13.8 Å². The molecule has 0 aliphatic rings. The Labute approximate surface area is 105 Å². The first-order chi connectivity index (χ1) is 8.22. The van der Waals surface area contributed by atoms with Crippen LogP contribution in [-0.4, -0.2) is 14.8 Å². The Balaban J connectivity index is 2.10. The van der Waals surface area contributed by atoms with Crippen LogP contribution in [0.4, 0.5) is 0 Å². The van der Waals surface area contributed by atoms with Gasteiger partial charge in [0, 0.05) is 35.8 Å². The third kappa shape index (κ3) is 2.91. The Kier molecular flexibility index (Phi) is 3.88. The van der Waals surface area contributed by atoms with Gasteiger partial charge < -0.3 is 0 Å². The number of aromatic nitrogens is 3. The average molecular weight is 251 g/mol. The molecule has 92 valence electrons. The van der Waals surface area contributed by atoms with Gasteiger partial charge in [0.25, 0.3) is 0 Å². The van der Waals surface area contributed by atoms with Gasteiger partial charge in [-0.3, -0.25) is 16.0 Å². The molecule has 0 aliphatic carbocycles. The molecule has 2 rings (SSSR count). The molecule has 0 amide bonds. The van der Waals surface area contributed by atoms with Crippen LogP contribution in [0.1, 0.15) is 29.2 Å². The van der Waals surface area contributed by atoms with E-state index in [1.54, 1.807) is 11.3 Å². The molecule has 1 unspecified atom stereocenters. The van der Waals surface area contributed by atoms with Crippen molar-refractivity contribution >= 4 is 11.3 Å². The van der Waals surface area contributed by atoms with E-state index < -0.39 is 0 Å².